The molecule has 3 atom stereocenters. The van der Waals surface area contributed by atoms with E-state index in [0.29, 0.717) is 3.92 Å². The number of hydrogen-bond donors (Lipinski definition) is 2. The van der Waals surface area contributed by atoms with Crippen LogP contribution in [0.1, 0.15) is 63.6 Å². The number of unbranched alkanes of at least 4 members (excludes halogenated alkanes) is 1. The highest BCUT2D eigenvalue weighted by Crippen LogP contribution is 2.48. The fourth-order valence-electron chi connectivity index (χ4n) is 4.62. The molecule has 0 aliphatic heterocycles. The summed E-state index contributed by atoms with van der Waals surface area (Å²) in [4.78, 5) is 7.51. The van der Waals surface area contributed by atoms with Crippen molar-refractivity contribution in [1.29, 1.82) is 0 Å². The second-order valence-electron chi connectivity index (χ2n) is 8.42. The summed E-state index contributed by atoms with van der Waals surface area (Å²) in [6.07, 6.45) is 9.48. The van der Waals surface area contributed by atoms with Gasteiger partial charge in [-0.2, -0.15) is 0 Å². The number of nitrogens with zero attached hydrogens (tertiary/aromatic N) is 4. The molecule has 0 aromatic carbocycles. The molecule has 10 heteroatoms. The summed E-state index contributed by atoms with van der Waals surface area (Å²) >= 11 is 2.44. The second-order valence-corrected chi connectivity index (χ2v) is 12.1. The number of sulfonamides is 1. The van der Waals surface area contributed by atoms with Crippen LogP contribution in [0, 0.1) is 0 Å². The molecule has 2 aliphatic carbocycles. The van der Waals surface area contributed by atoms with Gasteiger partial charge in [0.05, 0.1) is 16.5 Å². The lowest BCUT2D eigenvalue weighted by atomic mass is 10.1. The maximum atomic E-state index is 13.1. The molecule has 2 N–H and O–H groups in total. The van der Waals surface area contributed by atoms with Crippen LogP contribution in [0.4, 0.5) is 0 Å². The fraction of sp³-hybridized carbons (Fsp3) is 0.632. The number of aromatic nitrogens is 5. The van der Waals surface area contributed by atoms with E-state index < -0.39 is 14.8 Å². The van der Waals surface area contributed by atoms with Crippen molar-refractivity contribution in [3.63, 3.8) is 0 Å². The zero-order chi connectivity index (χ0) is 20.2. The second kappa shape index (κ2) is 7.16. The van der Waals surface area contributed by atoms with E-state index in [-0.39, 0.29) is 12.0 Å². The van der Waals surface area contributed by atoms with Crippen LogP contribution in [0.2, 0.25) is 0 Å². The number of H-pyrrole nitrogens is 1. The molecule has 2 saturated carbocycles. The Morgan fingerprint density at radius 3 is 2.93 bits per heavy atom. The predicted molar refractivity (Wildman–Crippen MR) is 120 cm³/mol. The van der Waals surface area contributed by atoms with Crippen LogP contribution >= 0.6 is 22.6 Å². The molecule has 0 radical (unpaired) electrons. The molecule has 3 aromatic heterocycles. The van der Waals surface area contributed by atoms with Crippen molar-refractivity contribution in [2.75, 3.05) is 0 Å². The van der Waals surface area contributed by atoms with Crippen molar-refractivity contribution in [2.24, 2.45) is 0 Å². The first-order valence-corrected chi connectivity index (χ1v) is 13.0. The minimum atomic E-state index is -3.30. The van der Waals surface area contributed by atoms with Crippen LogP contribution in [0.5, 0.6) is 0 Å². The number of nitrogens with one attached hydrogen (secondary N) is 2. The van der Waals surface area contributed by atoms with Crippen molar-refractivity contribution in [3.8, 4) is 0 Å². The average Bonchev–Trinajstić information content (AvgIpc) is 3.01. The molecule has 156 valence electrons. The number of aromatic amines is 1. The van der Waals surface area contributed by atoms with E-state index in [0.717, 1.165) is 67.6 Å². The molecular formula is C19H25IN6O2S. The van der Waals surface area contributed by atoms with Gasteiger partial charge in [-0.1, -0.05) is 42.4 Å². The molecule has 29 heavy (non-hydrogen) atoms. The first-order valence-electron chi connectivity index (χ1n) is 10.3. The highest BCUT2D eigenvalue weighted by molar-refractivity contribution is 14.1. The maximum Gasteiger partial charge on any atom is 0.217 e. The highest BCUT2D eigenvalue weighted by atomic mass is 127. The summed E-state index contributed by atoms with van der Waals surface area (Å²) in [5, 5.41) is 8.77. The Hall–Kier alpha value is -1.27. The highest BCUT2D eigenvalue weighted by Gasteiger charge is 2.54. The van der Waals surface area contributed by atoms with Gasteiger partial charge in [0, 0.05) is 22.1 Å². The molecule has 5 rings (SSSR count). The lowest BCUT2D eigenvalue weighted by molar-refractivity contribution is 0.519. The van der Waals surface area contributed by atoms with Crippen molar-refractivity contribution < 1.29 is 8.42 Å². The van der Waals surface area contributed by atoms with Crippen LogP contribution in [0.25, 0.3) is 16.8 Å². The summed E-state index contributed by atoms with van der Waals surface area (Å²) in [6, 6.07) is 1.92. The van der Waals surface area contributed by atoms with E-state index in [9.17, 15) is 8.42 Å². The lowest BCUT2D eigenvalue weighted by Crippen LogP contribution is -2.41. The standard InChI is InChI=1S/C19H25IN6O2S/c1-2-3-5-19(6-7-19)29(27,28)25-12-9-13(14(20)10-12)18-24-23-16-11-22-17-15(26(16)18)4-8-21-17/h4,8,11-14,21,25H,2-3,5-7,9-10H2,1H3/t12-,13+,14-/m1/s1. The number of fused-ring (bicyclic) bond motifs is 3. The maximum absolute atomic E-state index is 13.1. The van der Waals surface area contributed by atoms with Gasteiger partial charge < -0.3 is 4.98 Å². The summed E-state index contributed by atoms with van der Waals surface area (Å²) in [7, 11) is -3.30. The number of hydrogen-bond acceptors (Lipinski definition) is 5. The van der Waals surface area contributed by atoms with E-state index in [4.69, 9.17) is 0 Å². The average molecular weight is 528 g/mol. The molecule has 3 aromatic rings. The van der Waals surface area contributed by atoms with Crippen molar-refractivity contribution >= 4 is 49.4 Å². The zero-order valence-corrected chi connectivity index (χ0v) is 19.3. The third-order valence-electron chi connectivity index (χ3n) is 6.47. The van der Waals surface area contributed by atoms with E-state index >= 15 is 0 Å². The molecular weight excluding hydrogens is 503 g/mol. The predicted octanol–water partition coefficient (Wildman–Crippen LogP) is 3.30. The number of alkyl halides is 1. The summed E-state index contributed by atoms with van der Waals surface area (Å²) in [6.45, 7) is 2.11. The SMILES string of the molecule is CCCCC1(S(=O)(=O)N[C@H]2C[C@@H](I)[C@@H](c3nnc4cnc5[nH]ccc5n34)C2)CC1. The molecule has 0 unspecified atom stereocenters. The third-order valence-corrected chi connectivity index (χ3v) is 10.2. The van der Waals surface area contributed by atoms with E-state index in [2.05, 4.69) is 58.8 Å². The monoisotopic (exact) mass is 528 g/mol. The molecule has 0 saturated heterocycles. The van der Waals surface area contributed by atoms with Crippen molar-refractivity contribution in [3.05, 3.63) is 24.3 Å². The Morgan fingerprint density at radius 2 is 2.17 bits per heavy atom. The van der Waals surface area contributed by atoms with E-state index in [1.807, 2.05) is 12.3 Å². The van der Waals surface area contributed by atoms with Gasteiger partial charge in [-0.25, -0.2) is 18.1 Å². The van der Waals surface area contributed by atoms with Crippen LogP contribution in [0.3, 0.4) is 0 Å². The van der Waals surface area contributed by atoms with Gasteiger partial charge >= 0.3 is 0 Å². The molecule has 2 aliphatic rings. The van der Waals surface area contributed by atoms with Gasteiger partial charge in [0.25, 0.3) is 0 Å². The molecule has 0 spiro atoms. The minimum absolute atomic E-state index is 0.0538. The molecule has 2 fully saturated rings. The molecule has 0 amide bonds. The topological polar surface area (TPSA) is 105 Å². The normalized spacial score (nSPS) is 26.5. The first-order chi connectivity index (χ1) is 13.9. The van der Waals surface area contributed by atoms with Gasteiger partial charge in [0.2, 0.25) is 10.0 Å². The van der Waals surface area contributed by atoms with Gasteiger partial charge in [-0.05, 0) is 38.2 Å². The Labute approximate surface area is 183 Å². The van der Waals surface area contributed by atoms with Crippen LogP contribution in [0.15, 0.2) is 18.5 Å². The molecule has 0 bridgehead atoms. The quantitative estimate of drug-likeness (QED) is 0.362. The van der Waals surface area contributed by atoms with Crippen molar-refractivity contribution in [1.82, 2.24) is 29.3 Å². The Morgan fingerprint density at radius 1 is 1.34 bits per heavy atom. The van der Waals surface area contributed by atoms with E-state index in [1.54, 1.807) is 6.20 Å². The zero-order valence-electron chi connectivity index (χ0n) is 16.3. The van der Waals surface area contributed by atoms with Gasteiger partial charge in [-0.15, -0.1) is 10.2 Å². The van der Waals surface area contributed by atoms with Crippen LogP contribution in [-0.4, -0.2) is 47.7 Å². The van der Waals surface area contributed by atoms with E-state index in [1.165, 1.54) is 0 Å². The van der Waals surface area contributed by atoms with Gasteiger partial charge in [0.1, 0.15) is 5.82 Å². The molecule has 8 nitrogen and oxygen atoms in total. The summed E-state index contributed by atoms with van der Waals surface area (Å²) in [5.41, 5.74) is 2.47. The lowest BCUT2D eigenvalue weighted by Gasteiger charge is -2.20. The molecule has 3 heterocycles. The Bertz CT molecular complexity index is 1150. The smallest absolute Gasteiger partial charge is 0.217 e. The fourth-order valence-corrected chi connectivity index (χ4v) is 7.79. The van der Waals surface area contributed by atoms with Crippen molar-refractivity contribution in [2.45, 2.75) is 72.5 Å². The van der Waals surface area contributed by atoms with Crippen LogP contribution in [-0.2, 0) is 10.0 Å². The first kappa shape index (κ1) is 19.7. The largest absolute Gasteiger partial charge is 0.345 e. The number of halogens is 1. The summed E-state index contributed by atoms with van der Waals surface area (Å²) in [5.74, 6) is 1.03. The number of rotatable bonds is 7. The summed E-state index contributed by atoms with van der Waals surface area (Å²) < 4.78 is 31.0. The Kier molecular flexibility index (Phi) is 4.86. The third kappa shape index (κ3) is 3.27. The van der Waals surface area contributed by atoms with Gasteiger partial charge in [-0.3, -0.25) is 4.40 Å². The Balaban J connectivity index is 1.39. The van der Waals surface area contributed by atoms with Crippen LogP contribution < -0.4 is 4.72 Å². The minimum Gasteiger partial charge on any atom is -0.345 e. The van der Waals surface area contributed by atoms with Gasteiger partial charge in [0.15, 0.2) is 11.3 Å².